The summed E-state index contributed by atoms with van der Waals surface area (Å²) < 4.78 is 21.0. The number of esters is 1. The van der Waals surface area contributed by atoms with Gasteiger partial charge in [-0.25, -0.2) is 14.6 Å². The van der Waals surface area contributed by atoms with Crippen LogP contribution in [0.25, 0.3) is 11.1 Å². The maximum atomic E-state index is 12.0. The highest BCUT2D eigenvalue weighted by Crippen LogP contribution is 2.42. The number of nitro groups is 1. The molecule has 0 bridgehead atoms. The number of fused-ring (bicyclic) bond motifs is 1. The van der Waals surface area contributed by atoms with E-state index < -0.39 is 35.2 Å². The fourth-order valence-corrected chi connectivity index (χ4v) is 2.66. The van der Waals surface area contributed by atoms with Crippen LogP contribution in [-0.2, 0) is 14.3 Å². The monoisotopic (exact) mass is 421 g/mol. The maximum absolute atomic E-state index is 12.0. The fourth-order valence-electron chi connectivity index (χ4n) is 2.66. The highest BCUT2D eigenvalue weighted by molar-refractivity contribution is 5.82. The van der Waals surface area contributed by atoms with Gasteiger partial charge in [-0.15, -0.1) is 0 Å². The molecule has 1 saturated carbocycles. The van der Waals surface area contributed by atoms with Crippen molar-refractivity contribution in [3.63, 3.8) is 0 Å². The number of nitrogens with zero attached hydrogens (tertiary/aromatic N) is 2. The molecule has 30 heavy (non-hydrogen) atoms. The number of hydrogen-bond donors (Lipinski definition) is 1. The number of rotatable bonds is 7. The van der Waals surface area contributed by atoms with E-state index in [1.165, 1.54) is 12.1 Å². The summed E-state index contributed by atoms with van der Waals surface area (Å²) >= 11 is 0. The van der Waals surface area contributed by atoms with E-state index in [9.17, 15) is 19.7 Å². The third kappa shape index (κ3) is 5.16. The summed E-state index contributed by atoms with van der Waals surface area (Å²) in [6.45, 7) is 4.59. The third-order valence-corrected chi connectivity index (χ3v) is 4.19. The normalized spacial score (nSPS) is 14.8. The Balaban J connectivity index is 1.79. The van der Waals surface area contributed by atoms with E-state index in [0.29, 0.717) is 17.0 Å². The van der Waals surface area contributed by atoms with Crippen molar-refractivity contribution >= 4 is 28.8 Å². The van der Waals surface area contributed by atoms with Crippen LogP contribution in [-0.4, -0.2) is 47.3 Å². The molecule has 1 atom stereocenters. The van der Waals surface area contributed by atoms with Crippen molar-refractivity contribution in [1.82, 2.24) is 10.3 Å². The molecule has 1 fully saturated rings. The number of amides is 1. The number of aromatic nitrogens is 1. The topological polar surface area (TPSA) is 143 Å². The Morgan fingerprint density at radius 2 is 2.07 bits per heavy atom. The van der Waals surface area contributed by atoms with Gasteiger partial charge in [0.05, 0.1) is 12.0 Å². The average Bonchev–Trinajstić information content (AvgIpc) is 3.41. The molecule has 1 unspecified atom stereocenters. The van der Waals surface area contributed by atoms with Crippen molar-refractivity contribution < 1.29 is 33.1 Å². The molecule has 1 N–H and O–H groups in total. The van der Waals surface area contributed by atoms with Crippen LogP contribution in [0.3, 0.4) is 0 Å². The van der Waals surface area contributed by atoms with Crippen molar-refractivity contribution in [2.75, 3.05) is 13.7 Å². The molecule has 1 aliphatic carbocycles. The lowest BCUT2D eigenvalue weighted by atomic mass is 10.2. The molecule has 1 aromatic carbocycles. The Bertz CT molecular complexity index is 974. The Morgan fingerprint density at radius 1 is 1.37 bits per heavy atom. The smallest absolute Gasteiger partial charge is 0.408 e. The Labute approximate surface area is 171 Å². The summed E-state index contributed by atoms with van der Waals surface area (Å²) in [6.07, 6.45) is 1.08. The van der Waals surface area contributed by atoms with Gasteiger partial charge in [-0.2, -0.15) is 0 Å². The average molecular weight is 421 g/mol. The van der Waals surface area contributed by atoms with Crippen LogP contribution < -0.4 is 10.1 Å². The molecule has 162 valence electrons. The number of ether oxygens (including phenoxy) is 3. The Hall–Kier alpha value is -3.37. The lowest BCUT2D eigenvalue weighted by molar-refractivity contribution is -0.385. The van der Waals surface area contributed by atoms with E-state index in [-0.39, 0.29) is 17.4 Å². The molecule has 1 heterocycles. The molecule has 0 spiro atoms. The van der Waals surface area contributed by atoms with Gasteiger partial charge in [0, 0.05) is 18.1 Å². The second-order valence-electron chi connectivity index (χ2n) is 7.90. The highest BCUT2D eigenvalue weighted by atomic mass is 16.6. The van der Waals surface area contributed by atoms with E-state index >= 15 is 0 Å². The quantitative estimate of drug-likeness (QED) is 0.405. The fraction of sp³-hybridized carbons (Fsp3) is 0.526. The number of carbonyl (C=O) groups excluding carboxylic acids is 2. The van der Waals surface area contributed by atoms with Crippen LogP contribution in [0.5, 0.6) is 5.75 Å². The number of methoxy groups -OCH3 is 1. The number of alkyl carbamates (subject to hydrolysis) is 1. The van der Waals surface area contributed by atoms with Gasteiger partial charge in [-0.05, 0) is 33.6 Å². The minimum atomic E-state index is -1.24. The van der Waals surface area contributed by atoms with Gasteiger partial charge in [0.15, 0.2) is 17.5 Å². The second kappa shape index (κ2) is 8.17. The van der Waals surface area contributed by atoms with Crippen LogP contribution >= 0.6 is 0 Å². The first-order valence-electron chi connectivity index (χ1n) is 9.36. The molecule has 11 heteroatoms. The molecule has 1 aliphatic rings. The van der Waals surface area contributed by atoms with E-state index in [1.54, 1.807) is 20.8 Å². The zero-order valence-corrected chi connectivity index (χ0v) is 17.1. The SMILES string of the molecule is COC(=O)C(COc1cc2oc(C3CC3)nc2cc1[N+](=O)[O-])NC(=O)OC(C)(C)C. The zero-order chi connectivity index (χ0) is 22.1. The molecule has 1 amide bonds. The predicted molar refractivity (Wildman–Crippen MR) is 103 cm³/mol. The van der Waals surface area contributed by atoms with Crippen LogP contribution in [0, 0.1) is 10.1 Å². The minimum Gasteiger partial charge on any atom is -0.484 e. The summed E-state index contributed by atoms with van der Waals surface area (Å²) in [5.41, 5.74) is -0.417. The van der Waals surface area contributed by atoms with E-state index in [2.05, 4.69) is 15.0 Å². The van der Waals surface area contributed by atoms with Crippen molar-refractivity contribution in [2.45, 2.75) is 51.2 Å². The Kier molecular flexibility index (Phi) is 5.81. The molecule has 2 aromatic rings. The van der Waals surface area contributed by atoms with E-state index in [1.807, 2.05) is 0 Å². The first-order valence-corrected chi connectivity index (χ1v) is 9.36. The molecule has 0 saturated heterocycles. The van der Waals surface area contributed by atoms with Gasteiger partial charge in [-0.3, -0.25) is 10.1 Å². The van der Waals surface area contributed by atoms with Gasteiger partial charge < -0.3 is 23.9 Å². The second-order valence-corrected chi connectivity index (χ2v) is 7.90. The lowest BCUT2D eigenvalue weighted by Gasteiger charge is -2.22. The number of carbonyl (C=O) groups is 2. The van der Waals surface area contributed by atoms with Crippen molar-refractivity contribution in [3.05, 3.63) is 28.1 Å². The largest absolute Gasteiger partial charge is 0.484 e. The van der Waals surface area contributed by atoms with Crippen LogP contribution in [0.4, 0.5) is 10.5 Å². The number of hydrogen-bond acceptors (Lipinski definition) is 9. The summed E-state index contributed by atoms with van der Waals surface area (Å²) in [6, 6.07) is 1.37. The summed E-state index contributed by atoms with van der Waals surface area (Å²) in [5.74, 6) is -0.135. The summed E-state index contributed by atoms with van der Waals surface area (Å²) in [5, 5.41) is 13.8. The summed E-state index contributed by atoms with van der Waals surface area (Å²) in [7, 11) is 1.15. The summed E-state index contributed by atoms with van der Waals surface area (Å²) in [4.78, 5) is 39.2. The Morgan fingerprint density at radius 3 is 2.63 bits per heavy atom. The van der Waals surface area contributed by atoms with Crippen LogP contribution in [0.1, 0.15) is 45.4 Å². The molecular weight excluding hydrogens is 398 g/mol. The zero-order valence-electron chi connectivity index (χ0n) is 17.1. The first-order chi connectivity index (χ1) is 14.1. The molecular formula is C19H23N3O8. The molecule has 0 aliphatic heterocycles. The van der Waals surface area contributed by atoms with Crippen molar-refractivity contribution in [3.8, 4) is 5.75 Å². The minimum absolute atomic E-state index is 0.120. The number of benzene rings is 1. The maximum Gasteiger partial charge on any atom is 0.408 e. The van der Waals surface area contributed by atoms with Crippen molar-refractivity contribution in [2.24, 2.45) is 0 Å². The van der Waals surface area contributed by atoms with Crippen molar-refractivity contribution in [1.29, 1.82) is 0 Å². The van der Waals surface area contributed by atoms with Crippen LogP contribution in [0.2, 0.25) is 0 Å². The first kappa shape index (κ1) is 21.3. The van der Waals surface area contributed by atoms with Gasteiger partial charge >= 0.3 is 17.7 Å². The van der Waals surface area contributed by atoms with Gasteiger partial charge in [0.2, 0.25) is 5.75 Å². The van der Waals surface area contributed by atoms with E-state index in [4.69, 9.17) is 13.9 Å². The van der Waals surface area contributed by atoms with E-state index in [0.717, 1.165) is 20.0 Å². The molecule has 11 nitrogen and oxygen atoms in total. The highest BCUT2D eigenvalue weighted by Gasteiger charge is 2.31. The number of nitro benzene ring substituents is 1. The molecule has 3 rings (SSSR count). The van der Waals surface area contributed by atoms with Gasteiger partial charge in [-0.1, -0.05) is 0 Å². The predicted octanol–water partition coefficient (Wildman–Crippen LogP) is 3.06. The number of nitrogens with one attached hydrogen (secondary N) is 1. The molecule has 0 radical (unpaired) electrons. The third-order valence-electron chi connectivity index (χ3n) is 4.19. The van der Waals surface area contributed by atoms with Crippen LogP contribution in [0.15, 0.2) is 16.5 Å². The van der Waals surface area contributed by atoms with Gasteiger partial charge in [0.25, 0.3) is 0 Å². The number of oxazole rings is 1. The van der Waals surface area contributed by atoms with Gasteiger partial charge in [0.1, 0.15) is 17.7 Å². The lowest BCUT2D eigenvalue weighted by Crippen LogP contribution is -2.47. The molecule has 1 aromatic heterocycles. The standard InChI is InChI=1S/C19H23N3O8/c1-19(2,3)30-18(24)21-12(17(23)27-4)9-28-15-8-14-11(7-13(15)22(25)26)20-16(29-14)10-5-6-10/h7-8,10,12H,5-6,9H2,1-4H3,(H,21,24).